The van der Waals surface area contributed by atoms with E-state index >= 15 is 0 Å². The molecular weight excluding hydrogens is 328 g/mol. The number of likely N-dealkylation sites (N-methyl/N-ethyl adjacent to an activating group) is 1. The number of benzene rings is 1. The maximum absolute atomic E-state index is 11.6. The van der Waals surface area contributed by atoms with Crippen molar-refractivity contribution in [2.75, 3.05) is 51.3 Å². The molecule has 2 aliphatic heterocycles. The summed E-state index contributed by atoms with van der Waals surface area (Å²) in [5, 5.41) is 0. The average molecular weight is 352 g/mol. The summed E-state index contributed by atoms with van der Waals surface area (Å²) in [6, 6.07) is 12.6. The van der Waals surface area contributed by atoms with Crippen LogP contribution >= 0.6 is 0 Å². The Morgan fingerprint density at radius 2 is 1.69 bits per heavy atom. The van der Waals surface area contributed by atoms with E-state index in [1.54, 1.807) is 4.90 Å². The summed E-state index contributed by atoms with van der Waals surface area (Å²) in [5.74, 6) is 0.642. The summed E-state index contributed by atoms with van der Waals surface area (Å²) in [4.78, 5) is 22.5. The quantitative estimate of drug-likeness (QED) is 0.846. The SMILES string of the molecule is CN1CCN(Cc2ccc(-c3ccc(N4CCOC4=O)nc3)cc2)CC1. The van der Waals surface area contributed by atoms with Gasteiger partial charge in [0.15, 0.2) is 0 Å². The molecule has 0 N–H and O–H groups in total. The highest BCUT2D eigenvalue weighted by Gasteiger charge is 2.24. The molecule has 6 heteroatoms. The van der Waals surface area contributed by atoms with Crippen molar-refractivity contribution in [1.29, 1.82) is 0 Å². The molecule has 0 saturated carbocycles. The lowest BCUT2D eigenvalue weighted by Crippen LogP contribution is -2.43. The molecule has 26 heavy (non-hydrogen) atoms. The number of cyclic esters (lactones) is 1. The second-order valence-electron chi connectivity index (χ2n) is 6.95. The smallest absolute Gasteiger partial charge is 0.415 e. The number of nitrogens with zero attached hydrogens (tertiary/aromatic N) is 4. The molecule has 2 aliphatic rings. The van der Waals surface area contributed by atoms with Gasteiger partial charge in [0.05, 0.1) is 6.54 Å². The highest BCUT2D eigenvalue weighted by atomic mass is 16.6. The molecule has 0 unspecified atom stereocenters. The third kappa shape index (κ3) is 3.71. The first-order chi connectivity index (χ1) is 12.7. The first-order valence-electron chi connectivity index (χ1n) is 9.09. The van der Waals surface area contributed by atoms with Crippen LogP contribution in [0.25, 0.3) is 11.1 Å². The van der Waals surface area contributed by atoms with Gasteiger partial charge in [-0.25, -0.2) is 9.78 Å². The number of carbonyl (C=O) groups excluding carboxylic acids is 1. The maximum atomic E-state index is 11.6. The molecule has 2 aromatic rings. The van der Waals surface area contributed by atoms with E-state index in [1.807, 2.05) is 18.3 Å². The molecule has 1 aromatic carbocycles. The molecule has 0 bridgehead atoms. The number of anilines is 1. The van der Waals surface area contributed by atoms with E-state index in [2.05, 4.69) is 46.1 Å². The van der Waals surface area contributed by atoms with E-state index in [4.69, 9.17) is 4.74 Å². The molecule has 6 nitrogen and oxygen atoms in total. The molecule has 2 saturated heterocycles. The lowest BCUT2D eigenvalue weighted by molar-refractivity contribution is 0.148. The van der Waals surface area contributed by atoms with Gasteiger partial charge in [0.2, 0.25) is 0 Å². The molecule has 0 radical (unpaired) electrons. The Kier molecular flexibility index (Phi) is 4.86. The van der Waals surface area contributed by atoms with Gasteiger partial charge >= 0.3 is 6.09 Å². The second-order valence-corrected chi connectivity index (χ2v) is 6.95. The zero-order valence-corrected chi connectivity index (χ0v) is 15.1. The molecule has 1 amide bonds. The Hall–Kier alpha value is -2.44. The van der Waals surface area contributed by atoms with Gasteiger partial charge in [-0.1, -0.05) is 24.3 Å². The van der Waals surface area contributed by atoms with Crippen LogP contribution in [0.15, 0.2) is 42.6 Å². The van der Waals surface area contributed by atoms with Crippen molar-refractivity contribution < 1.29 is 9.53 Å². The number of aromatic nitrogens is 1. The van der Waals surface area contributed by atoms with E-state index in [9.17, 15) is 4.79 Å². The first-order valence-corrected chi connectivity index (χ1v) is 9.09. The molecule has 4 rings (SSSR count). The Morgan fingerprint density at radius 3 is 2.31 bits per heavy atom. The van der Waals surface area contributed by atoms with E-state index in [1.165, 1.54) is 5.56 Å². The fourth-order valence-corrected chi connectivity index (χ4v) is 3.38. The third-order valence-corrected chi connectivity index (χ3v) is 5.07. The van der Waals surface area contributed by atoms with Crippen LogP contribution in [0.1, 0.15) is 5.56 Å². The lowest BCUT2D eigenvalue weighted by Gasteiger charge is -2.32. The van der Waals surface area contributed by atoms with Crippen molar-refractivity contribution in [1.82, 2.24) is 14.8 Å². The fourth-order valence-electron chi connectivity index (χ4n) is 3.38. The minimum Gasteiger partial charge on any atom is -0.447 e. The summed E-state index contributed by atoms with van der Waals surface area (Å²) in [6.45, 7) is 6.53. The third-order valence-electron chi connectivity index (χ3n) is 5.07. The summed E-state index contributed by atoms with van der Waals surface area (Å²) in [7, 11) is 2.18. The summed E-state index contributed by atoms with van der Waals surface area (Å²) in [6.07, 6.45) is 1.50. The van der Waals surface area contributed by atoms with Gasteiger partial charge in [-0.15, -0.1) is 0 Å². The number of ether oxygens (including phenoxy) is 1. The molecule has 136 valence electrons. The summed E-state index contributed by atoms with van der Waals surface area (Å²) >= 11 is 0. The van der Waals surface area contributed by atoms with Crippen LogP contribution in [0.3, 0.4) is 0 Å². The lowest BCUT2D eigenvalue weighted by atomic mass is 10.1. The number of pyridine rings is 1. The average Bonchev–Trinajstić information content (AvgIpc) is 3.10. The van der Waals surface area contributed by atoms with Crippen molar-refractivity contribution in [3.05, 3.63) is 48.2 Å². The number of carbonyl (C=O) groups is 1. The predicted molar refractivity (Wildman–Crippen MR) is 101 cm³/mol. The number of amides is 1. The molecule has 0 spiro atoms. The number of piperazine rings is 1. The summed E-state index contributed by atoms with van der Waals surface area (Å²) < 4.78 is 4.96. The topological polar surface area (TPSA) is 48.9 Å². The van der Waals surface area contributed by atoms with Crippen molar-refractivity contribution in [2.24, 2.45) is 0 Å². The molecule has 0 aliphatic carbocycles. The molecule has 2 fully saturated rings. The van der Waals surface area contributed by atoms with Crippen LogP contribution in [0.5, 0.6) is 0 Å². The van der Waals surface area contributed by atoms with Gasteiger partial charge in [0.25, 0.3) is 0 Å². The van der Waals surface area contributed by atoms with Crippen LogP contribution in [0.4, 0.5) is 10.6 Å². The van der Waals surface area contributed by atoms with Gasteiger partial charge in [0, 0.05) is 44.5 Å². The number of hydrogen-bond acceptors (Lipinski definition) is 5. The highest BCUT2D eigenvalue weighted by molar-refractivity contribution is 5.88. The van der Waals surface area contributed by atoms with Crippen molar-refractivity contribution in [2.45, 2.75) is 6.54 Å². The monoisotopic (exact) mass is 352 g/mol. The van der Waals surface area contributed by atoms with Crippen LogP contribution in [0.2, 0.25) is 0 Å². The first kappa shape index (κ1) is 17.0. The van der Waals surface area contributed by atoms with Crippen molar-refractivity contribution in [3.63, 3.8) is 0 Å². The van der Waals surface area contributed by atoms with E-state index in [0.717, 1.165) is 43.9 Å². The van der Waals surface area contributed by atoms with Crippen LogP contribution in [-0.4, -0.2) is 67.3 Å². The highest BCUT2D eigenvalue weighted by Crippen LogP contribution is 2.23. The molecular formula is C20H24N4O2. The minimum atomic E-state index is -0.321. The van der Waals surface area contributed by atoms with Gasteiger partial charge in [-0.05, 0) is 30.3 Å². The van der Waals surface area contributed by atoms with E-state index in [-0.39, 0.29) is 6.09 Å². The normalized spacial score (nSPS) is 19.0. The van der Waals surface area contributed by atoms with Crippen LogP contribution in [-0.2, 0) is 11.3 Å². The van der Waals surface area contributed by atoms with Gasteiger partial charge in [-0.2, -0.15) is 0 Å². The Bertz CT molecular complexity index is 752. The zero-order valence-electron chi connectivity index (χ0n) is 15.1. The van der Waals surface area contributed by atoms with E-state index in [0.29, 0.717) is 19.0 Å². The molecule has 3 heterocycles. The fraction of sp³-hybridized carbons (Fsp3) is 0.400. The van der Waals surface area contributed by atoms with E-state index < -0.39 is 0 Å². The van der Waals surface area contributed by atoms with Gasteiger partial charge in [0.1, 0.15) is 12.4 Å². The largest absolute Gasteiger partial charge is 0.447 e. The molecule has 0 atom stereocenters. The second kappa shape index (κ2) is 7.43. The van der Waals surface area contributed by atoms with Crippen LogP contribution < -0.4 is 4.90 Å². The minimum absolute atomic E-state index is 0.321. The van der Waals surface area contributed by atoms with Crippen molar-refractivity contribution >= 4 is 11.9 Å². The Labute approximate surface area is 154 Å². The molecule has 1 aromatic heterocycles. The van der Waals surface area contributed by atoms with Crippen molar-refractivity contribution in [3.8, 4) is 11.1 Å². The number of rotatable bonds is 4. The maximum Gasteiger partial charge on any atom is 0.415 e. The summed E-state index contributed by atoms with van der Waals surface area (Å²) in [5.41, 5.74) is 3.52. The van der Waals surface area contributed by atoms with Gasteiger partial charge in [-0.3, -0.25) is 9.80 Å². The number of hydrogen-bond donors (Lipinski definition) is 0. The zero-order chi connectivity index (χ0) is 17.9. The standard InChI is InChI=1S/C20H24N4O2/c1-22-8-10-23(11-9-22)15-16-2-4-17(5-3-16)18-6-7-19(21-14-18)24-12-13-26-20(24)25/h2-7,14H,8-13,15H2,1H3. The Morgan fingerprint density at radius 1 is 0.962 bits per heavy atom. The van der Waals surface area contributed by atoms with Gasteiger partial charge < -0.3 is 9.64 Å². The Balaban J connectivity index is 1.41. The van der Waals surface area contributed by atoms with Crippen LogP contribution in [0, 0.1) is 0 Å². The predicted octanol–water partition coefficient (Wildman–Crippen LogP) is 2.45.